The van der Waals surface area contributed by atoms with E-state index in [1.807, 2.05) is 6.07 Å². The van der Waals surface area contributed by atoms with Crippen LogP contribution in [0.5, 0.6) is 5.75 Å². The second kappa shape index (κ2) is 4.41. The summed E-state index contributed by atoms with van der Waals surface area (Å²) in [5, 5.41) is 9.96. The van der Waals surface area contributed by atoms with Crippen molar-refractivity contribution in [3.05, 3.63) is 29.3 Å². The first-order chi connectivity index (χ1) is 8.25. The van der Waals surface area contributed by atoms with Crippen molar-refractivity contribution in [2.45, 2.75) is 31.1 Å². The molecule has 3 rings (SSSR count). The predicted octanol–water partition coefficient (Wildman–Crippen LogP) is 3.37. The molecule has 1 fully saturated rings. The van der Waals surface area contributed by atoms with Crippen LogP contribution >= 0.6 is 0 Å². The second-order valence-electron chi connectivity index (χ2n) is 5.12. The largest absolute Gasteiger partial charge is 0.507 e. The van der Waals surface area contributed by atoms with E-state index >= 15 is 0 Å². The first kappa shape index (κ1) is 11.2. The number of phenols is 1. The Labute approximate surface area is 106 Å². The van der Waals surface area contributed by atoms with Gasteiger partial charge in [0.1, 0.15) is 17.3 Å². The Hall–Kier alpha value is -0.890. The minimum atomic E-state index is 0.452. The highest BCUT2D eigenvalue weighted by Crippen LogP contribution is 2.36. The van der Waals surface area contributed by atoms with E-state index in [9.17, 15) is 5.11 Å². The van der Waals surface area contributed by atoms with Crippen molar-refractivity contribution in [2.24, 2.45) is 5.92 Å². The van der Waals surface area contributed by atoms with Gasteiger partial charge in [0.15, 0.2) is 4.90 Å². The zero-order valence-electron chi connectivity index (χ0n) is 10.3. The average Bonchev–Trinajstić information content (AvgIpc) is 2.83. The maximum Gasteiger partial charge on any atom is 0.158 e. The summed E-state index contributed by atoms with van der Waals surface area (Å²) in [6, 6.07) is 4.06. The maximum absolute atomic E-state index is 9.96. The normalized spacial score (nSPS) is 23.9. The Morgan fingerprint density at radius 3 is 2.76 bits per heavy atom. The average molecular weight is 247 g/mol. The van der Waals surface area contributed by atoms with Gasteiger partial charge in [-0.1, -0.05) is 19.1 Å². The van der Waals surface area contributed by atoms with Gasteiger partial charge in [-0.2, -0.15) is 0 Å². The van der Waals surface area contributed by atoms with E-state index in [0.717, 1.165) is 12.0 Å². The van der Waals surface area contributed by atoms with Gasteiger partial charge in [0.2, 0.25) is 0 Å². The highest BCUT2D eigenvalue weighted by Gasteiger charge is 2.31. The number of aromatic hydroxyl groups is 1. The monoisotopic (exact) mass is 247 g/mol. The highest BCUT2D eigenvalue weighted by atomic mass is 32.2. The Bertz CT molecular complexity index is 458. The Morgan fingerprint density at radius 2 is 2.00 bits per heavy atom. The molecule has 1 unspecified atom stereocenters. The molecule has 1 aromatic rings. The number of rotatable bonds is 1. The Morgan fingerprint density at radius 1 is 1.24 bits per heavy atom. The van der Waals surface area contributed by atoms with Gasteiger partial charge in [-0.15, -0.1) is 0 Å². The van der Waals surface area contributed by atoms with Crippen LogP contribution in [0.1, 0.15) is 30.9 Å². The van der Waals surface area contributed by atoms with Crippen LogP contribution in [-0.4, -0.2) is 16.6 Å². The first-order valence-electron chi connectivity index (χ1n) is 6.46. The molecule has 1 N–H and O–H groups in total. The smallest absolute Gasteiger partial charge is 0.158 e. The van der Waals surface area contributed by atoms with Gasteiger partial charge in [0, 0.05) is 22.0 Å². The maximum atomic E-state index is 9.96. The van der Waals surface area contributed by atoms with Gasteiger partial charge in [0.25, 0.3) is 0 Å². The van der Waals surface area contributed by atoms with Crippen molar-refractivity contribution in [1.29, 1.82) is 0 Å². The van der Waals surface area contributed by atoms with Crippen LogP contribution in [0.2, 0.25) is 0 Å². The fourth-order valence-corrected chi connectivity index (χ4v) is 5.38. The number of allylic oxidation sites excluding steroid dienone is 1. The third-order valence-electron chi connectivity index (χ3n) is 3.75. The van der Waals surface area contributed by atoms with E-state index in [4.69, 9.17) is 0 Å². The van der Waals surface area contributed by atoms with Gasteiger partial charge < -0.3 is 5.11 Å². The minimum Gasteiger partial charge on any atom is -0.507 e. The van der Waals surface area contributed by atoms with Gasteiger partial charge in [-0.25, -0.2) is 0 Å². The molecule has 0 aromatic heterocycles. The zero-order chi connectivity index (χ0) is 11.8. The van der Waals surface area contributed by atoms with Crippen molar-refractivity contribution < 1.29 is 5.11 Å². The molecule has 0 amide bonds. The molecule has 17 heavy (non-hydrogen) atoms. The van der Waals surface area contributed by atoms with Crippen molar-refractivity contribution in [1.82, 2.24) is 0 Å². The van der Waals surface area contributed by atoms with E-state index < -0.39 is 0 Å². The lowest BCUT2D eigenvalue weighted by Crippen LogP contribution is -2.12. The summed E-state index contributed by atoms with van der Waals surface area (Å²) in [4.78, 5) is 1.53. The van der Waals surface area contributed by atoms with E-state index in [0.29, 0.717) is 22.6 Å². The molecule has 1 aliphatic heterocycles. The van der Waals surface area contributed by atoms with Crippen molar-refractivity contribution in [2.75, 3.05) is 11.5 Å². The summed E-state index contributed by atoms with van der Waals surface area (Å²) >= 11 is 0. The standard InChI is InChI=1S/C15H18OS/c1-11-4-5-12-13(10-11)15(7-6-14(12)16)17-8-2-3-9-17/h4-7,11H,2-3,8-10H2,1H3/p+1. The molecule has 1 atom stereocenters. The molecular formula is C15H19OS+. The summed E-state index contributed by atoms with van der Waals surface area (Å²) in [6.07, 6.45) is 8.18. The van der Waals surface area contributed by atoms with Crippen LogP contribution in [0.4, 0.5) is 0 Å². The van der Waals surface area contributed by atoms with Crippen LogP contribution in [0.15, 0.2) is 23.1 Å². The second-order valence-corrected chi connectivity index (χ2v) is 7.37. The molecule has 0 spiro atoms. The van der Waals surface area contributed by atoms with Gasteiger partial charge >= 0.3 is 0 Å². The summed E-state index contributed by atoms with van der Waals surface area (Å²) in [5.74, 6) is 3.77. The number of phenolic OH excluding ortho intramolecular Hbond substituents is 1. The lowest BCUT2D eigenvalue weighted by Gasteiger charge is -2.19. The van der Waals surface area contributed by atoms with Crippen LogP contribution in [0, 0.1) is 5.92 Å². The van der Waals surface area contributed by atoms with E-state index in [2.05, 4.69) is 25.1 Å². The fraction of sp³-hybridized carbons (Fsp3) is 0.467. The molecule has 90 valence electrons. The molecule has 2 aliphatic rings. The summed E-state index contributed by atoms with van der Waals surface area (Å²) in [6.45, 7) is 2.25. The van der Waals surface area contributed by atoms with Crippen LogP contribution < -0.4 is 0 Å². The highest BCUT2D eigenvalue weighted by molar-refractivity contribution is 7.97. The van der Waals surface area contributed by atoms with E-state index in [1.54, 1.807) is 0 Å². The summed E-state index contributed by atoms with van der Waals surface area (Å²) in [5.41, 5.74) is 2.50. The van der Waals surface area contributed by atoms with Gasteiger partial charge in [-0.3, -0.25) is 0 Å². The topological polar surface area (TPSA) is 20.2 Å². The van der Waals surface area contributed by atoms with Crippen molar-refractivity contribution in [3.63, 3.8) is 0 Å². The first-order valence-corrected chi connectivity index (χ1v) is 8.02. The molecule has 1 heterocycles. The lowest BCUT2D eigenvalue weighted by molar-refractivity contribution is 0.471. The third-order valence-corrected chi connectivity index (χ3v) is 6.32. The van der Waals surface area contributed by atoms with Gasteiger partial charge in [0.05, 0.1) is 0 Å². The molecule has 1 nitrogen and oxygen atoms in total. The Kier molecular flexibility index (Phi) is 2.91. The number of hydrogen-bond donors (Lipinski definition) is 1. The molecule has 1 saturated heterocycles. The fourth-order valence-electron chi connectivity index (χ4n) is 2.82. The van der Waals surface area contributed by atoms with Crippen LogP contribution in [0.3, 0.4) is 0 Å². The molecular weight excluding hydrogens is 228 g/mol. The third kappa shape index (κ3) is 1.99. The lowest BCUT2D eigenvalue weighted by atomic mass is 9.90. The molecule has 1 aromatic carbocycles. The number of benzene rings is 1. The molecule has 2 heteroatoms. The SMILES string of the molecule is CC1C=Cc2c(O)ccc([S+]3CCCC3)c2C1. The van der Waals surface area contributed by atoms with Gasteiger partial charge in [-0.05, 0) is 37.3 Å². The summed E-state index contributed by atoms with van der Waals surface area (Å²) in [7, 11) is 0.452. The quantitative estimate of drug-likeness (QED) is 0.754. The van der Waals surface area contributed by atoms with Crippen molar-refractivity contribution in [3.8, 4) is 5.75 Å². The van der Waals surface area contributed by atoms with Crippen LogP contribution in [0.25, 0.3) is 6.08 Å². The molecule has 0 radical (unpaired) electrons. The number of fused-ring (bicyclic) bond motifs is 1. The molecule has 0 saturated carbocycles. The van der Waals surface area contributed by atoms with E-state index in [1.165, 1.54) is 34.8 Å². The van der Waals surface area contributed by atoms with E-state index in [-0.39, 0.29) is 0 Å². The van der Waals surface area contributed by atoms with Crippen molar-refractivity contribution >= 4 is 17.0 Å². The van der Waals surface area contributed by atoms with Crippen LogP contribution in [-0.2, 0) is 17.3 Å². The Balaban J connectivity index is 2.08. The zero-order valence-corrected chi connectivity index (χ0v) is 11.1. The molecule has 0 bridgehead atoms. The summed E-state index contributed by atoms with van der Waals surface area (Å²) < 4.78 is 0. The molecule has 1 aliphatic carbocycles. The minimum absolute atomic E-state index is 0.452. The number of hydrogen-bond acceptors (Lipinski definition) is 1. The predicted molar refractivity (Wildman–Crippen MR) is 74.6 cm³/mol.